The van der Waals surface area contributed by atoms with Gasteiger partial charge in [-0.25, -0.2) is 0 Å². The third kappa shape index (κ3) is 4.02. The van der Waals surface area contributed by atoms with Gasteiger partial charge in [-0.1, -0.05) is 13.8 Å². The van der Waals surface area contributed by atoms with E-state index in [-0.39, 0.29) is 5.91 Å². The second-order valence-corrected chi connectivity index (χ2v) is 5.00. The maximum atomic E-state index is 12.5. The van der Waals surface area contributed by atoms with Gasteiger partial charge in [0.05, 0.1) is 18.2 Å². The lowest BCUT2D eigenvalue weighted by molar-refractivity contribution is 0.0729. The number of anilines is 1. The molecule has 0 aliphatic rings. The van der Waals surface area contributed by atoms with Gasteiger partial charge in [-0.05, 0) is 18.9 Å². The van der Waals surface area contributed by atoms with Crippen molar-refractivity contribution in [2.75, 3.05) is 18.8 Å². The lowest BCUT2D eigenvalue weighted by Gasteiger charge is -2.24. The maximum absolute atomic E-state index is 12.5. The molecule has 5 nitrogen and oxygen atoms in total. The highest BCUT2D eigenvalue weighted by Crippen LogP contribution is 2.14. The molecular formula is C14H22N4O. The molecule has 19 heavy (non-hydrogen) atoms. The van der Waals surface area contributed by atoms with E-state index in [0.717, 1.165) is 0 Å². The number of nitrogen functional groups attached to an aromatic ring is 1. The van der Waals surface area contributed by atoms with Crippen molar-refractivity contribution < 1.29 is 4.79 Å². The fourth-order valence-electron chi connectivity index (χ4n) is 2.04. The Bertz CT molecular complexity index is 470. The third-order valence-electron chi connectivity index (χ3n) is 2.84. The Hall–Kier alpha value is -1.96. The van der Waals surface area contributed by atoms with Crippen molar-refractivity contribution >= 4 is 11.6 Å². The lowest BCUT2D eigenvalue weighted by atomic mass is 10.2. The van der Waals surface area contributed by atoms with E-state index in [2.05, 4.69) is 19.9 Å². The van der Waals surface area contributed by atoms with E-state index in [1.165, 1.54) is 0 Å². The number of rotatable bonds is 6. The first-order valence-electron chi connectivity index (χ1n) is 6.61. The normalized spacial score (nSPS) is 10.5. The van der Waals surface area contributed by atoms with Crippen LogP contribution in [0, 0.1) is 17.2 Å². The number of carbonyl (C=O) groups is 1. The van der Waals surface area contributed by atoms with Gasteiger partial charge < -0.3 is 15.2 Å². The highest BCUT2D eigenvalue weighted by Gasteiger charge is 2.20. The van der Waals surface area contributed by atoms with Crippen LogP contribution in [0.2, 0.25) is 0 Å². The molecule has 0 radical (unpaired) electrons. The Morgan fingerprint density at radius 3 is 2.79 bits per heavy atom. The molecule has 2 N–H and O–H groups in total. The summed E-state index contributed by atoms with van der Waals surface area (Å²) >= 11 is 0. The highest BCUT2D eigenvalue weighted by molar-refractivity contribution is 5.93. The van der Waals surface area contributed by atoms with Gasteiger partial charge in [-0.15, -0.1) is 0 Å². The number of aryl methyl sites for hydroxylation is 1. The molecule has 1 amide bonds. The zero-order valence-corrected chi connectivity index (χ0v) is 11.9. The van der Waals surface area contributed by atoms with Crippen molar-refractivity contribution in [3.8, 4) is 6.07 Å². The molecule has 0 spiro atoms. The maximum Gasteiger partial charge on any atom is 0.270 e. The monoisotopic (exact) mass is 262 g/mol. The fourth-order valence-corrected chi connectivity index (χ4v) is 2.04. The van der Waals surface area contributed by atoms with Crippen LogP contribution in [0.4, 0.5) is 5.69 Å². The van der Waals surface area contributed by atoms with Crippen LogP contribution in [0.25, 0.3) is 0 Å². The van der Waals surface area contributed by atoms with E-state index < -0.39 is 0 Å². The third-order valence-corrected chi connectivity index (χ3v) is 2.84. The minimum atomic E-state index is -0.0532. The largest absolute Gasteiger partial charge is 0.397 e. The SMILES string of the molecule is CCn1cc(N)cc1C(=O)N(CCC#N)CC(C)C. The van der Waals surface area contributed by atoms with Crippen molar-refractivity contribution in [3.05, 3.63) is 18.0 Å². The van der Waals surface area contributed by atoms with Crippen molar-refractivity contribution in [2.45, 2.75) is 33.7 Å². The van der Waals surface area contributed by atoms with Crippen LogP contribution < -0.4 is 5.73 Å². The first-order chi connectivity index (χ1) is 8.99. The van der Waals surface area contributed by atoms with Crippen LogP contribution in [-0.2, 0) is 6.54 Å². The smallest absolute Gasteiger partial charge is 0.270 e. The molecule has 0 saturated carbocycles. The zero-order valence-electron chi connectivity index (χ0n) is 11.9. The summed E-state index contributed by atoms with van der Waals surface area (Å²) in [6.45, 7) is 7.89. The lowest BCUT2D eigenvalue weighted by Crippen LogP contribution is -2.36. The molecule has 1 aromatic rings. The van der Waals surface area contributed by atoms with E-state index in [1.807, 2.05) is 11.5 Å². The highest BCUT2D eigenvalue weighted by atomic mass is 16.2. The molecule has 0 bridgehead atoms. The zero-order chi connectivity index (χ0) is 14.4. The van der Waals surface area contributed by atoms with Crippen LogP contribution in [0.5, 0.6) is 0 Å². The predicted molar refractivity (Wildman–Crippen MR) is 75.5 cm³/mol. The number of hydrogen-bond acceptors (Lipinski definition) is 3. The number of carbonyl (C=O) groups excluding carboxylic acids is 1. The summed E-state index contributed by atoms with van der Waals surface area (Å²) in [5.74, 6) is 0.313. The van der Waals surface area contributed by atoms with Crippen molar-refractivity contribution in [2.24, 2.45) is 5.92 Å². The molecule has 1 rings (SSSR count). The summed E-state index contributed by atoms with van der Waals surface area (Å²) in [5.41, 5.74) is 6.94. The molecule has 0 unspecified atom stereocenters. The fraction of sp³-hybridized carbons (Fsp3) is 0.571. The summed E-state index contributed by atoms with van der Waals surface area (Å²) in [6.07, 6.45) is 2.12. The van der Waals surface area contributed by atoms with Crippen molar-refractivity contribution in [3.63, 3.8) is 0 Å². The summed E-state index contributed by atoms with van der Waals surface area (Å²) < 4.78 is 1.84. The topological polar surface area (TPSA) is 75.0 Å². The molecule has 0 aliphatic carbocycles. The van der Waals surface area contributed by atoms with Crippen LogP contribution in [0.15, 0.2) is 12.3 Å². The Balaban J connectivity index is 2.94. The first kappa shape index (κ1) is 15.1. The van der Waals surface area contributed by atoms with Crippen LogP contribution >= 0.6 is 0 Å². The van der Waals surface area contributed by atoms with Gasteiger partial charge in [-0.2, -0.15) is 5.26 Å². The van der Waals surface area contributed by atoms with E-state index >= 15 is 0 Å². The standard InChI is InChI=1S/C14H22N4O/c1-4-17-10-12(16)8-13(17)14(19)18(7-5-6-15)9-11(2)3/h8,10-11H,4-5,7,9,16H2,1-3H3. The second kappa shape index (κ2) is 6.83. The summed E-state index contributed by atoms with van der Waals surface area (Å²) in [4.78, 5) is 14.3. The number of nitrogens with two attached hydrogens (primary N) is 1. The van der Waals surface area contributed by atoms with Gasteiger partial charge in [0, 0.05) is 25.8 Å². The van der Waals surface area contributed by atoms with Gasteiger partial charge >= 0.3 is 0 Å². The van der Waals surface area contributed by atoms with Gasteiger partial charge in [0.15, 0.2) is 0 Å². The van der Waals surface area contributed by atoms with Crippen molar-refractivity contribution in [1.29, 1.82) is 5.26 Å². The number of amides is 1. The molecule has 5 heteroatoms. The molecule has 1 heterocycles. The first-order valence-corrected chi connectivity index (χ1v) is 6.61. The number of nitrogens with zero attached hydrogens (tertiary/aromatic N) is 3. The van der Waals surface area contributed by atoms with Crippen LogP contribution in [0.3, 0.4) is 0 Å². The Morgan fingerprint density at radius 1 is 1.58 bits per heavy atom. The summed E-state index contributed by atoms with van der Waals surface area (Å²) in [5, 5.41) is 8.69. The van der Waals surface area contributed by atoms with E-state index in [9.17, 15) is 4.79 Å². The quantitative estimate of drug-likeness (QED) is 0.853. The van der Waals surface area contributed by atoms with E-state index in [4.69, 9.17) is 11.0 Å². The second-order valence-electron chi connectivity index (χ2n) is 5.00. The number of aromatic nitrogens is 1. The molecule has 0 aliphatic heterocycles. The van der Waals surface area contributed by atoms with Gasteiger partial charge in [0.1, 0.15) is 5.69 Å². The average molecular weight is 262 g/mol. The minimum absolute atomic E-state index is 0.0532. The van der Waals surface area contributed by atoms with Gasteiger partial charge in [0.2, 0.25) is 0 Å². The Labute approximate surface area is 114 Å². The molecule has 0 saturated heterocycles. The molecule has 0 aromatic carbocycles. The molecule has 0 atom stereocenters. The Morgan fingerprint density at radius 2 is 2.26 bits per heavy atom. The van der Waals surface area contributed by atoms with Crippen LogP contribution in [0.1, 0.15) is 37.7 Å². The summed E-state index contributed by atoms with van der Waals surface area (Å²) in [6, 6.07) is 3.79. The molecule has 104 valence electrons. The van der Waals surface area contributed by atoms with E-state index in [1.54, 1.807) is 17.2 Å². The van der Waals surface area contributed by atoms with Gasteiger partial charge in [0.25, 0.3) is 5.91 Å². The average Bonchev–Trinajstić information content (AvgIpc) is 2.74. The number of nitriles is 1. The molecular weight excluding hydrogens is 240 g/mol. The Kier molecular flexibility index (Phi) is 5.43. The number of hydrogen-bond donors (Lipinski definition) is 1. The molecule has 0 fully saturated rings. The van der Waals surface area contributed by atoms with Crippen molar-refractivity contribution in [1.82, 2.24) is 9.47 Å². The summed E-state index contributed by atoms with van der Waals surface area (Å²) in [7, 11) is 0. The minimum Gasteiger partial charge on any atom is -0.397 e. The van der Waals surface area contributed by atoms with Crippen LogP contribution in [-0.4, -0.2) is 28.5 Å². The van der Waals surface area contributed by atoms with E-state index in [0.29, 0.717) is 43.4 Å². The van der Waals surface area contributed by atoms with Gasteiger partial charge in [-0.3, -0.25) is 4.79 Å². The predicted octanol–water partition coefficient (Wildman–Crippen LogP) is 2.10. The molecule has 1 aromatic heterocycles.